The van der Waals surface area contributed by atoms with Crippen molar-refractivity contribution in [2.75, 3.05) is 20.3 Å². The molecular formula is C28H30N2O4. The van der Waals surface area contributed by atoms with Crippen molar-refractivity contribution < 1.29 is 19.1 Å². The van der Waals surface area contributed by atoms with E-state index in [-0.39, 0.29) is 12.1 Å². The smallest absolute Gasteiger partial charge is 0.271 e. The quantitative estimate of drug-likeness (QED) is 0.281. The highest BCUT2D eigenvalue weighted by Gasteiger charge is 2.35. The van der Waals surface area contributed by atoms with Gasteiger partial charge in [-0.3, -0.25) is 14.5 Å². The Kier molecular flexibility index (Phi) is 8.64. The van der Waals surface area contributed by atoms with Gasteiger partial charge in [0.05, 0.1) is 13.7 Å². The van der Waals surface area contributed by atoms with E-state index in [4.69, 9.17) is 9.47 Å². The molecular weight excluding hydrogens is 428 g/mol. The summed E-state index contributed by atoms with van der Waals surface area (Å²) in [6, 6.07) is 17.1. The van der Waals surface area contributed by atoms with Crippen molar-refractivity contribution in [1.29, 1.82) is 5.26 Å². The van der Waals surface area contributed by atoms with Crippen LogP contribution in [-0.2, 0) is 16.0 Å². The maximum Gasteiger partial charge on any atom is 0.271 e. The Balaban J connectivity index is 1.88. The van der Waals surface area contributed by atoms with Crippen LogP contribution in [-0.4, -0.2) is 37.0 Å². The SMILES string of the molecule is CCCCCOc1ccc(/C=C2/C(=O)N(CCc3ccccc3)C(=O)C(C#N)=C2C)cc1OC. The minimum absolute atomic E-state index is 0.0123. The Morgan fingerprint density at radius 3 is 2.47 bits per heavy atom. The van der Waals surface area contributed by atoms with E-state index in [1.165, 1.54) is 0 Å². The van der Waals surface area contributed by atoms with Crippen LogP contribution in [0.5, 0.6) is 11.5 Å². The summed E-state index contributed by atoms with van der Waals surface area (Å²) >= 11 is 0. The predicted octanol–water partition coefficient (Wildman–Crippen LogP) is 5.10. The third kappa shape index (κ3) is 5.74. The zero-order valence-electron chi connectivity index (χ0n) is 20.0. The molecule has 6 heteroatoms. The van der Waals surface area contributed by atoms with E-state index < -0.39 is 11.8 Å². The van der Waals surface area contributed by atoms with Crippen molar-refractivity contribution in [2.45, 2.75) is 39.5 Å². The number of imide groups is 1. The molecule has 2 aromatic rings. The third-order valence-corrected chi connectivity index (χ3v) is 5.80. The number of amides is 2. The molecule has 0 saturated heterocycles. The number of hydrogen-bond donors (Lipinski definition) is 0. The van der Waals surface area contributed by atoms with Crippen LogP contribution in [0.25, 0.3) is 6.08 Å². The van der Waals surface area contributed by atoms with Crippen molar-refractivity contribution in [1.82, 2.24) is 4.90 Å². The maximum absolute atomic E-state index is 13.3. The number of hydrogen-bond acceptors (Lipinski definition) is 5. The zero-order valence-corrected chi connectivity index (χ0v) is 20.0. The van der Waals surface area contributed by atoms with Crippen LogP contribution in [0.15, 0.2) is 65.3 Å². The molecule has 2 aromatic carbocycles. The van der Waals surface area contributed by atoms with Gasteiger partial charge in [-0.2, -0.15) is 5.26 Å². The summed E-state index contributed by atoms with van der Waals surface area (Å²) in [6.07, 6.45) is 5.39. The number of methoxy groups -OCH3 is 1. The molecule has 1 aliphatic heterocycles. The Morgan fingerprint density at radius 1 is 1.03 bits per heavy atom. The summed E-state index contributed by atoms with van der Waals surface area (Å²) in [5.74, 6) is 0.247. The van der Waals surface area contributed by atoms with Crippen LogP contribution in [0.3, 0.4) is 0 Å². The van der Waals surface area contributed by atoms with Gasteiger partial charge in [-0.05, 0) is 54.7 Å². The fourth-order valence-electron chi connectivity index (χ4n) is 3.81. The second-order valence-corrected chi connectivity index (χ2v) is 8.13. The predicted molar refractivity (Wildman–Crippen MR) is 131 cm³/mol. The largest absolute Gasteiger partial charge is 0.493 e. The van der Waals surface area contributed by atoms with Gasteiger partial charge >= 0.3 is 0 Å². The summed E-state index contributed by atoms with van der Waals surface area (Å²) < 4.78 is 11.3. The number of rotatable bonds is 10. The fraction of sp³-hybridized carbons (Fsp3) is 0.321. The molecule has 1 heterocycles. The minimum atomic E-state index is -0.550. The molecule has 0 saturated carbocycles. The molecule has 0 radical (unpaired) electrons. The summed E-state index contributed by atoms with van der Waals surface area (Å²) in [4.78, 5) is 27.3. The number of nitrogens with zero attached hydrogens (tertiary/aromatic N) is 2. The average molecular weight is 459 g/mol. The number of ether oxygens (including phenoxy) is 2. The Bertz CT molecular complexity index is 1140. The van der Waals surface area contributed by atoms with Gasteiger partial charge in [0.15, 0.2) is 11.5 Å². The minimum Gasteiger partial charge on any atom is -0.493 e. The van der Waals surface area contributed by atoms with Gasteiger partial charge < -0.3 is 9.47 Å². The summed E-state index contributed by atoms with van der Waals surface area (Å²) in [5.41, 5.74) is 2.42. The van der Waals surface area contributed by atoms with Crippen molar-refractivity contribution >= 4 is 17.9 Å². The second-order valence-electron chi connectivity index (χ2n) is 8.13. The van der Waals surface area contributed by atoms with Crippen LogP contribution < -0.4 is 9.47 Å². The summed E-state index contributed by atoms with van der Waals surface area (Å²) in [7, 11) is 1.57. The van der Waals surface area contributed by atoms with E-state index in [2.05, 4.69) is 6.92 Å². The molecule has 0 atom stereocenters. The lowest BCUT2D eigenvalue weighted by Crippen LogP contribution is -2.43. The molecule has 0 aliphatic carbocycles. The van der Waals surface area contributed by atoms with Gasteiger partial charge in [0.1, 0.15) is 11.6 Å². The number of carbonyl (C=O) groups is 2. The first-order valence-corrected chi connectivity index (χ1v) is 11.5. The van der Waals surface area contributed by atoms with Gasteiger partial charge in [0.2, 0.25) is 0 Å². The van der Waals surface area contributed by atoms with Gasteiger partial charge in [-0.25, -0.2) is 0 Å². The molecule has 0 aromatic heterocycles. The lowest BCUT2D eigenvalue weighted by atomic mass is 9.93. The molecule has 1 aliphatic rings. The van der Waals surface area contributed by atoms with Crippen molar-refractivity contribution in [3.63, 3.8) is 0 Å². The lowest BCUT2D eigenvalue weighted by molar-refractivity contribution is -0.140. The molecule has 176 valence electrons. The topological polar surface area (TPSA) is 79.6 Å². The third-order valence-electron chi connectivity index (χ3n) is 5.80. The standard InChI is InChI=1S/C28H30N2O4/c1-4-5-9-16-34-25-13-12-22(18-26(25)33-3)17-23-20(2)24(19-29)28(32)30(27(23)31)15-14-21-10-7-6-8-11-21/h6-8,10-13,17-18H,4-5,9,14-16H2,1-3H3/b23-17+. The van der Waals surface area contributed by atoms with Crippen molar-refractivity contribution in [3.05, 3.63) is 76.4 Å². The van der Waals surface area contributed by atoms with Crippen molar-refractivity contribution in [2.24, 2.45) is 0 Å². The Labute approximate surface area is 201 Å². The van der Waals surface area contributed by atoms with E-state index >= 15 is 0 Å². The molecule has 0 fully saturated rings. The molecule has 0 N–H and O–H groups in total. The van der Waals surface area contributed by atoms with Crippen LogP contribution in [0, 0.1) is 11.3 Å². The number of nitriles is 1. The molecule has 0 bridgehead atoms. The fourth-order valence-corrected chi connectivity index (χ4v) is 3.81. The van der Waals surface area contributed by atoms with Crippen LogP contribution in [0.2, 0.25) is 0 Å². The highest BCUT2D eigenvalue weighted by molar-refractivity contribution is 6.19. The van der Waals surface area contributed by atoms with Gasteiger partial charge in [0.25, 0.3) is 11.8 Å². The molecule has 2 amide bonds. The van der Waals surface area contributed by atoms with E-state index in [0.717, 1.165) is 35.3 Å². The normalized spacial score (nSPS) is 15.0. The highest BCUT2D eigenvalue weighted by Crippen LogP contribution is 2.32. The van der Waals surface area contributed by atoms with E-state index in [0.29, 0.717) is 35.7 Å². The first kappa shape index (κ1) is 24.8. The van der Waals surface area contributed by atoms with Gasteiger partial charge in [0, 0.05) is 12.1 Å². The first-order valence-electron chi connectivity index (χ1n) is 11.5. The molecule has 0 unspecified atom stereocenters. The van der Waals surface area contributed by atoms with E-state index in [1.54, 1.807) is 26.2 Å². The summed E-state index contributed by atoms with van der Waals surface area (Å²) in [5, 5.41) is 9.61. The van der Waals surface area contributed by atoms with E-state index in [9.17, 15) is 14.9 Å². The van der Waals surface area contributed by atoms with Gasteiger partial charge in [-0.15, -0.1) is 0 Å². The number of benzene rings is 2. The Morgan fingerprint density at radius 2 is 1.79 bits per heavy atom. The van der Waals surface area contributed by atoms with E-state index in [1.807, 2.05) is 48.5 Å². The monoisotopic (exact) mass is 458 g/mol. The maximum atomic E-state index is 13.3. The molecule has 0 spiro atoms. The summed E-state index contributed by atoms with van der Waals surface area (Å²) in [6.45, 7) is 4.58. The number of unbranched alkanes of at least 4 members (excludes halogenated alkanes) is 2. The van der Waals surface area contributed by atoms with Crippen LogP contribution in [0.1, 0.15) is 44.2 Å². The van der Waals surface area contributed by atoms with Crippen molar-refractivity contribution in [3.8, 4) is 17.6 Å². The second kappa shape index (κ2) is 11.9. The molecule has 6 nitrogen and oxygen atoms in total. The molecule has 34 heavy (non-hydrogen) atoms. The zero-order chi connectivity index (χ0) is 24.5. The average Bonchev–Trinajstić information content (AvgIpc) is 2.85. The number of carbonyl (C=O) groups excluding carboxylic acids is 2. The first-order chi connectivity index (χ1) is 16.5. The highest BCUT2D eigenvalue weighted by atomic mass is 16.5. The van der Waals surface area contributed by atoms with Gasteiger partial charge in [-0.1, -0.05) is 56.2 Å². The van der Waals surface area contributed by atoms with Crippen LogP contribution >= 0.6 is 0 Å². The molecule has 3 rings (SSSR count). The Hall–Kier alpha value is -3.85. The van der Waals surface area contributed by atoms with Crippen LogP contribution in [0.4, 0.5) is 0 Å². The lowest BCUT2D eigenvalue weighted by Gasteiger charge is -2.27.